The van der Waals surface area contributed by atoms with Gasteiger partial charge in [0.25, 0.3) is 0 Å². The van der Waals surface area contributed by atoms with E-state index in [0.29, 0.717) is 0 Å². The molecule has 0 heterocycles. The number of rotatable bonds is 15. The average Bonchev–Trinajstić information content (AvgIpc) is 2.43. The molecule has 122 valence electrons. The fourth-order valence-electron chi connectivity index (χ4n) is 2.34. The number of hydrogen-bond donors (Lipinski definition) is 1. The second kappa shape index (κ2) is 21.3. The molecule has 0 saturated heterocycles. The maximum absolute atomic E-state index is 5.65. The first-order chi connectivity index (χ1) is 9.41. The van der Waals surface area contributed by atoms with Gasteiger partial charge in [0.2, 0.25) is 0 Å². The van der Waals surface area contributed by atoms with Crippen molar-refractivity contribution in [2.24, 2.45) is 0 Å². The summed E-state index contributed by atoms with van der Waals surface area (Å²) in [5, 5.41) is 0. The second-order valence-corrected chi connectivity index (χ2v) is 6.00. The van der Waals surface area contributed by atoms with Crippen LogP contribution >= 0.6 is 11.6 Å². The van der Waals surface area contributed by atoms with Crippen molar-refractivity contribution in [3.63, 3.8) is 0 Å². The van der Waals surface area contributed by atoms with Crippen LogP contribution in [-0.4, -0.2) is 5.88 Å². The molecular formula is C18H38ClN. The third-order valence-electron chi connectivity index (χ3n) is 3.65. The van der Waals surface area contributed by atoms with Gasteiger partial charge in [-0.15, -0.1) is 11.6 Å². The van der Waals surface area contributed by atoms with Gasteiger partial charge in [-0.05, 0) is 32.1 Å². The zero-order valence-electron chi connectivity index (χ0n) is 13.8. The minimum Gasteiger partial charge on any atom is -0.344 e. The summed E-state index contributed by atoms with van der Waals surface area (Å²) >= 11 is 5.65. The molecule has 0 unspecified atom stereocenters. The van der Waals surface area contributed by atoms with Crippen molar-refractivity contribution in [1.29, 1.82) is 0 Å². The molecule has 0 aliphatic heterocycles. The van der Waals surface area contributed by atoms with Gasteiger partial charge in [0.1, 0.15) is 0 Å². The molecule has 1 nitrogen and oxygen atoms in total. The van der Waals surface area contributed by atoms with Gasteiger partial charge in [0, 0.05) is 5.88 Å². The monoisotopic (exact) mass is 303 g/mol. The standard InChI is InChI=1S/C18H35Cl.H3N/c1-2-3-4-5-6-7-8-9-10-11-12-13-14-15-16-17-18-19;/h9-10H,2-8,11-18H2,1H3;1H3/b10-9-;. The lowest BCUT2D eigenvalue weighted by Gasteiger charge is -1.99. The summed E-state index contributed by atoms with van der Waals surface area (Å²) in [5.74, 6) is 0.835. The summed E-state index contributed by atoms with van der Waals surface area (Å²) in [7, 11) is 0. The summed E-state index contributed by atoms with van der Waals surface area (Å²) in [6, 6.07) is 0. The molecule has 3 N–H and O–H groups in total. The van der Waals surface area contributed by atoms with Gasteiger partial charge < -0.3 is 6.15 Å². The number of alkyl halides is 1. The molecule has 0 fully saturated rings. The zero-order chi connectivity index (χ0) is 14.0. The molecule has 0 spiro atoms. The van der Waals surface area contributed by atoms with E-state index in [1.807, 2.05) is 0 Å². The van der Waals surface area contributed by atoms with Crippen LogP contribution in [0.25, 0.3) is 0 Å². The summed E-state index contributed by atoms with van der Waals surface area (Å²) in [6.07, 6.45) is 23.8. The predicted octanol–water partition coefficient (Wildman–Crippen LogP) is 7.42. The second-order valence-electron chi connectivity index (χ2n) is 5.63. The zero-order valence-corrected chi connectivity index (χ0v) is 14.6. The molecule has 2 heteroatoms. The van der Waals surface area contributed by atoms with Crippen molar-refractivity contribution < 1.29 is 0 Å². The van der Waals surface area contributed by atoms with E-state index in [-0.39, 0.29) is 6.15 Å². The van der Waals surface area contributed by atoms with Gasteiger partial charge in [-0.2, -0.15) is 0 Å². The van der Waals surface area contributed by atoms with Crippen molar-refractivity contribution in [3.05, 3.63) is 12.2 Å². The first-order valence-corrected chi connectivity index (χ1v) is 9.16. The minimum absolute atomic E-state index is 0. The maximum Gasteiger partial charge on any atom is 0.0223 e. The van der Waals surface area contributed by atoms with Crippen molar-refractivity contribution in [2.45, 2.75) is 96.8 Å². The molecule has 0 aromatic rings. The molecule has 20 heavy (non-hydrogen) atoms. The van der Waals surface area contributed by atoms with Crippen LogP contribution in [0, 0.1) is 0 Å². The van der Waals surface area contributed by atoms with Crippen LogP contribution in [0.5, 0.6) is 0 Å². The number of allylic oxidation sites excluding steroid dienone is 2. The molecule has 0 saturated carbocycles. The lowest BCUT2D eigenvalue weighted by molar-refractivity contribution is 0.607. The molecule has 0 aromatic heterocycles. The van der Waals surface area contributed by atoms with Crippen LogP contribution in [0.4, 0.5) is 0 Å². The molecular weight excluding hydrogens is 266 g/mol. The molecule has 0 aliphatic carbocycles. The highest BCUT2D eigenvalue weighted by molar-refractivity contribution is 6.17. The highest BCUT2D eigenvalue weighted by atomic mass is 35.5. The van der Waals surface area contributed by atoms with E-state index in [2.05, 4.69) is 19.1 Å². The molecule has 0 radical (unpaired) electrons. The Morgan fingerprint density at radius 2 is 1.00 bits per heavy atom. The Labute approximate surface area is 133 Å². The van der Waals surface area contributed by atoms with Gasteiger partial charge in [-0.25, -0.2) is 0 Å². The average molecular weight is 304 g/mol. The summed E-state index contributed by atoms with van der Waals surface area (Å²) < 4.78 is 0. The summed E-state index contributed by atoms with van der Waals surface area (Å²) in [5.41, 5.74) is 0. The fraction of sp³-hybridized carbons (Fsp3) is 0.889. The molecule has 0 amide bonds. The molecule has 0 bridgehead atoms. The summed E-state index contributed by atoms with van der Waals surface area (Å²) in [4.78, 5) is 0. The van der Waals surface area contributed by atoms with E-state index in [0.717, 1.165) is 5.88 Å². The normalized spacial score (nSPS) is 10.9. The van der Waals surface area contributed by atoms with E-state index in [1.54, 1.807) is 0 Å². The molecule has 0 rings (SSSR count). The van der Waals surface area contributed by atoms with E-state index < -0.39 is 0 Å². The third kappa shape index (κ3) is 20.3. The van der Waals surface area contributed by atoms with E-state index in [9.17, 15) is 0 Å². The van der Waals surface area contributed by atoms with Crippen LogP contribution in [0.2, 0.25) is 0 Å². The van der Waals surface area contributed by atoms with Crippen LogP contribution in [-0.2, 0) is 0 Å². The minimum atomic E-state index is 0. The first kappa shape index (κ1) is 22.3. The topological polar surface area (TPSA) is 35.0 Å². The van der Waals surface area contributed by atoms with E-state index >= 15 is 0 Å². The Hall–Kier alpha value is -0.0100. The predicted molar refractivity (Wildman–Crippen MR) is 95.2 cm³/mol. The fourth-order valence-corrected chi connectivity index (χ4v) is 2.53. The lowest BCUT2D eigenvalue weighted by Crippen LogP contribution is -1.80. The number of halogens is 1. The Morgan fingerprint density at radius 3 is 1.45 bits per heavy atom. The van der Waals surface area contributed by atoms with Crippen molar-refractivity contribution in [1.82, 2.24) is 6.15 Å². The number of unbranched alkanes of at least 4 members (excludes halogenated alkanes) is 12. The lowest BCUT2D eigenvalue weighted by atomic mass is 10.1. The van der Waals surface area contributed by atoms with Gasteiger partial charge in [0.15, 0.2) is 0 Å². The Kier molecular flexibility index (Phi) is 23.7. The SMILES string of the molecule is CCCCCCCC/C=C\CCCCCCCCCl.N. The van der Waals surface area contributed by atoms with Gasteiger partial charge >= 0.3 is 0 Å². The smallest absolute Gasteiger partial charge is 0.0223 e. The van der Waals surface area contributed by atoms with Crippen LogP contribution < -0.4 is 6.15 Å². The van der Waals surface area contributed by atoms with Crippen molar-refractivity contribution in [3.8, 4) is 0 Å². The molecule has 0 aliphatic rings. The summed E-state index contributed by atoms with van der Waals surface area (Å²) in [6.45, 7) is 2.28. The van der Waals surface area contributed by atoms with Gasteiger partial charge in [-0.3, -0.25) is 0 Å². The highest BCUT2D eigenvalue weighted by Gasteiger charge is 1.90. The maximum atomic E-state index is 5.65. The quantitative estimate of drug-likeness (QED) is 0.190. The largest absolute Gasteiger partial charge is 0.344 e. The Balaban J connectivity index is 0. The van der Waals surface area contributed by atoms with E-state index in [1.165, 1.54) is 89.9 Å². The van der Waals surface area contributed by atoms with Crippen LogP contribution in [0.3, 0.4) is 0 Å². The Bertz CT molecular complexity index is 180. The first-order valence-electron chi connectivity index (χ1n) is 8.62. The van der Waals surface area contributed by atoms with Gasteiger partial charge in [-0.1, -0.05) is 76.9 Å². The Morgan fingerprint density at radius 1 is 0.600 bits per heavy atom. The highest BCUT2D eigenvalue weighted by Crippen LogP contribution is 2.09. The van der Waals surface area contributed by atoms with Crippen LogP contribution in [0.15, 0.2) is 12.2 Å². The molecule has 0 aromatic carbocycles. The van der Waals surface area contributed by atoms with Crippen LogP contribution in [0.1, 0.15) is 96.8 Å². The van der Waals surface area contributed by atoms with E-state index in [4.69, 9.17) is 11.6 Å². The third-order valence-corrected chi connectivity index (χ3v) is 3.91. The van der Waals surface area contributed by atoms with Crippen molar-refractivity contribution >= 4 is 11.6 Å². The number of hydrogen-bond acceptors (Lipinski definition) is 1. The van der Waals surface area contributed by atoms with Gasteiger partial charge in [0.05, 0.1) is 0 Å². The molecule has 0 atom stereocenters. The van der Waals surface area contributed by atoms with Crippen molar-refractivity contribution in [2.75, 3.05) is 5.88 Å².